The Balaban J connectivity index is 2.64. The molecule has 0 spiro atoms. The average Bonchev–Trinajstić information content (AvgIpc) is 2.53. The molecular weight excluding hydrogens is 210 g/mol. The van der Waals surface area contributed by atoms with E-state index in [1.165, 1.54) is 0 Å². The third kappa shape index (κ3) is 2.02. The van der Waals surface area contributed by atoms with Gasteiger partial charge in [-0.3, -0.25) is 0 Å². The van der Waals surface area contributed by atoms with Crippen molar-refractivity contribution in [3.63, 3.8) is 0 Å². The highest BCUT2D eigenvalue weighted by Crippen LogP contribution is 2.29. The van der Waals surface area contributed by atoms with Crippen LogP contribution in [-0.4, -0.2) is 7.11 Å². The predicted molar refractivity (Wildman–Crippen MR) is 72.5 cm³/mol. The first kappa shape index (κ1) is 11.3. The number of anilines is 1. The molecule has 0 aliphatic carbocycles. The summed E-state index contributed by atoms with van der Waals surface area (Å²) in [5, 5.41) is 3.33. The molecule has 86 valence electrons. The van der Waals surface area contributed by atoms with Crippen molar-refractivity contribution in [3.8, 4) is 0 Å². The van der Waals surface area contributed by atoms with E-state index in [9.17, 15) is 0 Å². The van der Waals surface area contributed by atoms with Gasteiger partial charge in [0.15, 0.2) is 0 Å². The fraction of sp³-hybridized carbons (Fsp3) is 0.0667. The van der Waals surface area contributed by atoms with Crippen LogP contribution in [0.3, 0.4) is 0 Å². The van der Waals surface area contributed by atoms with Crippen molar-refractivity contribution in [2.24, 2.45) is 0 Å². The maximum Gasteiger partial charge on any atom is 0.128 e. The lowest BCUT2D eigenvalue weighted by atomic mass is 10.1. The van der Waals surface area contributed by atoms with Gasteiger partial charge in [-0.1, -0.05) is 37.4 Å². The molecule has 0 saturated heterocycles. The first-order valence-corrected chi connectivity index (χ1v) is 5.41. The van der Waals surface area contributed by atoms with Gasteiger partial charge in [-0.15, -0.1) is 0 Å². The molecule has 0 aromatic heterocycles. The van der Waals surface area contributed by atoms with Gasteiger partial charge in [-0.2, -0.15) is 0 Å². The molecule has 2 rings (SSSR count). The summed E-state index contributed by atoms with van der Waals surface area (Å²) in [6, 6.07) is 8.05. The van der Waals surface area contributed by atoms with Crippen LogP contribution in [0.25, 0.3) is 6.08 Å². The highest BCUT2D eigenvalue weighted by Gasteiger charge is 2.13. The minimum absolute atomic E-state index is 0.785. The fourth-order valence-corrected chi connectivity index (χ4v) is 1.84. The molecule has 0 amide bonds. The Bertz CT molecular complexity index is 523. The predicted octanol–water partition coefficient (Wildman–Crippen LogP) is 3.73. The summed E-state index contributed by atoms with van der Waals surface area (Å²) in [5.41, 5.74) is 3.94. The quantitative estimate of drug-likeness (QED) is 0.846. The number of nitrogens with one attached hydrogen (secondary N) is 1. The smallest absolute Gasteiger partial charge is 0.128 e. The lowest BCUT2D eigenvalue weighted by molar-refractivity contribution is 0.306. The fourth-order valence-electron chi connectivity index (χ4n) is 1.84. The van der Waals surface area contributed by atoms with E-state index in [1.807, 2.05) is 30.3 Å². The molecule has 2 heteroatoms. The van der Waals surface area contributed by atoms with E-state index in [2.05, 4.69) is 18.5 Å². The summed E-state index contributed by atoms with van der Waals surface area (Å²) in [6.07, 6.45) is 5.53. The number of hydrogen-bond donors (Lipinski definition) is 1. The topological polar surface area (TPSA) is 21.3 Å². The normalized spacial score (nSPS) is 14.1. The number of benzene rings is 1. The summed E-state index contributed by atoms with van der Waals surface area (Å²) < 4.78 is 5.41. The van der Waals surface area contributed by atoms with Gasteiger partial charge < -0.3 is 10.1 Å². The summed E-state index contributed by atoms with van der Waals surface area (Å²) >= 11 is 0. The van der Waals surface area contributed by atoms with Crippen LogP contribution in [-0.2, 0) is 4.74 Å². The SMILES string of the molecule is C=CC1=C(C=C)C(OC)=Cc2ccccc2N1. The van der Waals surface area contributed by atoms with Crippen molar-refractivity contribution in [2.45, 2.75) is 0 Å². The van der Waals surface area contributed by atoms with E-state index < -0.39 is 0 Å². The summed E-state index contributed by atoms with van der Waals surface area (Å²) in [7, 11) is 1.66. The molecule has 1 heterocycles. The molecular formula is C15H15NO. The maximum absolute atomic E-state index is 5.41. The van der Waals surface area contributed by atoms with E-state index in [0.29, 0.717) is 0 Å². The Kier molecular flexibility index (Phi) is 3.15. The molecule has 0 saturated carbocycles. The summed E-state index contributed by atoms with van der Waals surface area (Å²) in [5.74, 6) is 0.785. The van der Waals surface area contributed by atoms with Crippen molar-refractivity contribution in [2.75, 3.05) is 12.4 Å². The van der Waals surface area contributed by atoms with Crippen LogP contribution < -0.4 is 5.32 Å². The van der Waals surface area contributed by atoms with Crippen molar-refractivity contribution < 1.29 is 4.74 Å². The number of ether oxygens (including phenoxy) is 1. The van der Waals surface area contributed by atoms with Crippen LogP contribution >= 0.6 is 0 Å². The average molecular weight is 225 g/mol. The lowest BCUT2D eigenvalue weighted by Crippen LogP contribution is -2.01. The molecule has 1 N–H and O–H groups in total. The number of rotatable bonds is 3. The van der Waals surface area contributed by atoms with E-state index in [0.717, 1.165) is 28.3 Å². The molecule has 0 fully saturated rings. The van der Waals surface area contributed by atoms with Crippen molar-refractivity contribution in [3.05, 3.63) is 72.2 Å². The van der Waals surface area contributed by atoms with Gasteiger partial charge in [0.2, 0.25) is 0 Å². The van der Waals surface area contributed by atoms with Crippen LogP contribution in [0.15, 0.2) is 66.6 Å². The van der Waals surface area contributed by atoms with Crippen LogP contribution in [0.2, 0.25) is 0 Å². The van der Waals surface area contributed by atoms with Gasteiger partial charge >= 0.3 is 0 Å². The number of allylic oxidation sites excluding steroid dienone is 2. The Morgan fingerprint density at radius 2 is 1.94 bits per heavy atom. The second-order valence-electron chi connectivity index (χ2n) is 3.66. The molecule has 2 nitrogen and oxygen atoms in total. The van der Waals surface area contributed by atoms with Crippen molar-refractivity contribution in [1.29, 1.82) is 0 Å². The molecule has 0 atom stereocenters. The van der Waals surface area contributed by atoms with Crippen LogP contribution in [0.1, 0.15) is 5.56 Å². The summed E-state index contributed by atoms with van der Waals surface area (Å²) in [6.45, 7) is 7.63. The molecule has 1 aliphatic heterocycles. The Labute approximate surface area is 102 Å². The largest absolute Gasteiger partial charge is 0.496 e. The number of fused-ring (bicyclic) bond motifs is 1. The lowest BCUT2D eigenvalue weighted by Gasteiger charge is -2.10. The number of hydrogen-bond acceptors (Lipinski definition) is 2. The van der Waals surface area contributed by atoms with Gasteiger partial charge in [-0.05, 0) is 18.2 Å². The summed E-state index contributed by atoms with van der Waals surface area (Å²) in [4.78, 5) is 0. The van der Waals surface area contributed by atoms with E-state index >= 15 is 0 Å². The molecule has 17 heavy (non-hydrogen) atoms. The molecule has 1 aromatic rings. The van der Waals surface area contributed by atoms with Gasteiger partial charge in [0.05, 0.1) is 7.11 Å². The monoisotopic (exact) mass is 225 g/mol. The molecule has 0 radical (unpaired) electrons. The first-order valence-electron chi connectivity index (χ1n) is 5.41. The minimum Gasteiger partial charge on any atom is -0.496 e. The van der Waals surface area contributed by atoms with Gasteiger partial charge in [-0.25, -0.2) is 0 Å². The highest BCUT2D eigenvalue weighted by molar-refractivity contribution is 5.75. The van der Waals surface area contributed by atoms with Crippen LogP contribution in [0.5, 0.6) is 0 Å². The van der Waals surface area contributed by atoms with E-state index in [4.69, 9.17) is 4.74 Å². The molecule has 1 aromatic carbocycles. The van der Waals surface area contributed by atoms with Gasteiger partial charge in [0, 0.05) is 22.5 Å². The van der Waals surface area contributed by atoms with Crippen molar-refractivity contribution in [1.82, 2.24) is 0 Å². The molecule has 1 aliphatic rings. The Morgan fingerprint density at radius 3 is 2.59 bits per heavy atom. The highest BCUT2D eigenvalue weighted by atomic mass is 16.5. The number of methoxy groups -OCH3 is 1. The zero-order valence-corrected chi connectivity index (χ0v) is 9.86. The van der Waals surface area contributed by atoms with E-state index in [1.54, 1.807) is 19.3 Å². The standard InChI is InChI=1S/C15H15NO/c1-4-12-13(5-2)16-14-9-7-6-8-11(14)10-15(12)17-3/h4-10,16H,1-2H2,3H3. The second-order valence-corrected chi connectivity index (χ2v) is 3.66. The Morgan fingerprint density at radius 1 is 1.18 bits per heavy atom. The minimum atomic E-state index is 0.785. The zero-order valence-electron chi connectivity index (χ0n) is 9.86. The first-order chi connectivity index (χ1) is 8.30. The third-order valence-corrected chi connectivity index (χ3v) is 2.70. The zero-order chi connectivity index (χ0) is 12.3. The van der Waals surface area contributed by atoms with E-state index in [-0.39, 0.29) is 0 Å². The molecule has 0 bridgehead atoms. The maximum atomic E-state index is 5.41. The number of para-hydroxylation sites is 1. The Hall–Kier alpha value is -2.22. The van der Waals surface area contributed by atoms with Crippen LogP contribution in [0.4, 0.5) is 5.69 Å². The van der Waals surface area contributed by atoms with Crippen molar-refractivity contribution >= 4 is 11.8 Å². The van der Waals surface area contributed by atoms with Gasteiger partial charge in [0.25, 0.3) is 0 Å². The second kappa shape index (κ2) is 4.74. The van der Waals surface area contributed by atoms with Crippen LogP contribution in [0, 0.1) is 0 Å². The van der Waals surface area contributed by atoms with Gasteiger partial charge in [0.1, 0.15) is 5.76 Å². The molecule has 0 unspecified atom stereocenters. The third-order valence-electron chi connectivity index (χ3n) is 2.70.